The summed E-state index contributed by atoms with van der Waals surface area (Å²) in [6.45, 7) is 0. The van der Waals surface area contributed by atoms with Crippen LogP contribution in [-0.2, 0) is 11.2 Å². The average molecular weight is 312 g/mol. The molecular formula is C14H11Cl2NO3. The summed E-state index contributed by atoms with van der Waals surface area (Å²) in [5.41, 5.74) is 1.46. The second kappa shape index (κ2) is 6.03. The summed E-state index contributed by atoms with van der Waals surface area (Å²) in [4.78, 5) is 10.9. The Morgan fingerprint density at radius 1 is 1.15 bits per heavy atom. The summed E-state index contributed by atoms with van der Waals surface area (Å²) >= 11 is 12.1. The van der Waals surface area contributed by atoms with E-state index in [0.29, 0.717) is 27.0 Å². The van der Waals surface area contributed by atoms with Crippen LogP contribution in [-0.4, -0.2) is 16.2 Å². The zero-order chi connectivity index (χ0) is 14.7. The zero-order valence-corrected chi connectivity index (χ0v) is 11.7. The number of benzene rings is 2. The molecule has 0 heterocycles. The van der Waals surface area contributed by atoms with Gasteiger partial charge in [-0.3, -0.25) is 4.79 Å². The Morgan fingerprint density at radius 3 is 2.40 bits per heavy atom. The van der Waals surface area contributed by atoms with Crippen LogP contribution in [0.1, 0.15) is 5.56 Å². The van der Waals surface area contributed by atoms with E-state index in [1.165, 1.54) is 12.1 Å². The molecule has 2 aromatic carbocycles. The Hall–Kier alpha value is -1.91. The van der Waals surface area contributed by atoms with Gasteiger partial charge in [0.25, 0.3) is 0 Å². The Morgan fingerprint density at radius 2 is 1.80 bits per heavy atom. The second-order valence-corrected chi connectivity index (χ2v) is 4.95. The molecule has 20 heavy (non-hydrogen) atoms. The molecule has 0 saturated carbocycles. The van der Waals surface area contributed by atoms with Crippen LogP contribution in [0.2, 0.25) is 10.0 Å². The molecule has 6 heteroatoms. The van der Waals surface area contributed by atoms with Crippen LogP contribution in [0.5, 0.6) is 5.75 Å². The number of carbonyl (C=O) groups is 1. The van der Waals surface area contributed by atoms with Crippen molar-refractivity contribution in [2.45, 2.75) is 6.42 Å². The Kier molecular flexibility index (Phi) is 4.37. The lowest BCUT2D eigenvalue weighted by Crippen LogP contribution is -2.04. The molecule has 2 aromatic rings. The van der Waals surface area contributed by atoms with Crippen molar-refractivity contribution in [3.63, 3.8) is 0 Å². The molecule has 0 spiro atoms. The van der Waals surface area contributed by atoms with E-state index in [-0.39, 0.29) is 12.2 Å². The molecule has 0 aromatic heterocycles. The summed E-state index contributed by atoms with van der Waals surface area (Å²) in [5.74, 6) is -0.999. The van der Waals surface area contributed by atoms with Crippen LogP contribution in [0.3, 0.4) is 0 Å². The van der Waals surface area contributed by atoms with Crippen molar-refractivity contribution in [3.05, 3.63) is 52.0 Å². The minimum atomic E-state index is -0.996. The van der Waals surface area contributed by atoms with Crippen molar-refractivity contribution in [1.29, 1.82) is 0 Å². The van der Waals surface area contributed by atoms with Crippen molar-refractivity contribution in [3.8, 4) is 5.75 Å². The number of phenolic OH excluding ortho intramolecular Hbond substituents is 1. The van der Waals surface area contributed by atoms with Crippen LogP contribution in [0.25, 0.3) is 0 Å². The molecule has 0 saturated heterocycles. The number of nitrogens with one attached hydrogen (secondary N) is 1. The van der Waals surface area contributed by atoms with Crippen LogP contribution in [0.15, 0.2) is 36.4 Å². The Bertz CT molecular complexity index is 639. The Balaban J connectivity index is 2.40. The molecule has 0 bridgehead atoms. The number of carboxylic acids is 1. The van der Waals surface area contributed by atoms with Gasteiger partial charge in [0.2, 0.25) is 0 Å². The fraction of sp³-hybridized carbons (Fsp3) is 0.0714. The molecule has 3 N–H and O–H groups in total. The van der Waals surface area contributed by atoms with Crippen molar-refractivity contribution >= 4 is 40.5 Å². The molecule has 0 radical (unpaired) electrons. The van der Waals surface area contributed by atoms with Crippen molar-refractivity contribution in [1.82, 2.24) is 0 Å². The number of hydrogen-bond donors (Lipinski definition) is 3. The molecule has 104 valence electrons. The summed E-state index contributed by atoms with van der Waals surface area (Å²) in [6, 6.07) is 9.48. The summed E-state index contributed by atoms with van der Waals surface area (Å²) in [7, 11) is 0. The first-order valence-electron chi connectivity index (χ1n) is 5.72. The first-order valence-corrected chi connectivity index (χ1v) is 6.47. The van der Waals surface area contributed by atoms with Gasteiger partial charge in [-0.25, -0.2) is 0 Å². The highest BCUT2D eigenvalue weighted by atomic mass is 35.5. The van der Waals surface area contributed by atoms with Gasteiger partial charge in [-0.2, -0.15) is 0 Å². The number of aromatic hydroxyl groups is 1. The summed E-state index contributed by atoms with van der Waals surface area (Å²) in [6.07, 6.45) is -0.223. The fourth-order valence-electron chi connectivity index (χ4n) is 1.76. The van der Waals surface area contributed by atoms with Crippen LogP contribution in [0.4, 0.5) is 11.4 Å². The maximum Gasteiger partial charge on any atom is 0.307 e. The monoisotopic (exact) mass is 311 g/mol. The molecule has 2 rings (SSSR count). The van der Waals surface area contributed by atoms with Crippen molar-refractivity contribution in [2.24, 2.45) is 0 Å². The predicted octanol–water partition coefficient (Wildman–Crippen LogP) is 4.07. The molecule has 4 nitrogen and oxygen atoms in total. The number of halogens is 2. The lowest BCUT2D eigenvalue weighted by Gasteiger charge is -2.14. The quantitative estimate of drug-likeness (QED) is 0.744. The van der Waals surface area contributed by atoms with E-state index in [0.717, 1.165) is 0 Å². The van der Waals surface area contributed by atoms with E-state index in [2.05, 4.69) is 5.32 Å². The largest absolute Gasteiger partial charge is 0.508 e. The van der Waals surface area contributed by atoms with E-state index >= 15 is 0 Å². The molecule has 0 amide bonds. The van der Waals surface area contributed by atoms with Gasteiger partial charge in [-0.1, -0.05) is 29.3 Å². The van der Waals surface area contributed by atoms with Gasteiger partial charge in [-0.05, 0) is 35.9 Å². The lowest BCUT2D eigenvalue weighted by atomic mass is 10.1. The topological polar surface area (TPSA) is 69.6 Å². The van der Waals surface area contributed by atoms with Crippen LogP contribution in [0, 0.1) is 0 Å². The second-order valence-electron chi connectivity index (χ2n) is 4.13. The average Bonchev–Trinajstić information content (AvgIpc) is 2.35. The highest BCUT2D eigenvalue weighted by Crippen LogP contribution is 2.34. The molecule has 0 aliphatic rings. The highest BCUT2D eigenvalue weighted by molar-refractivity contribution is 6.39. The standard InChI is InChI=1S/C14H11Cl2NO3/c15-10-2-1-3-11(16)14(10)17-12-5-4-9(18)6-8(12)7-13(19)20/h1-6,17-18H,7H2,(H,19,20). The van der Waals surface area contributed by atoms with Gasteiger partial charge >= 0.3 is 5.97 Å². The van der Waals surface area contributed by atoms with Crippen LogP contribution >= 0.6 is 23.2 Å². The first kappa shape index (κ1) is 14.5. The van der Waals surface area contributed by atoms with E-state index in [9.17, 15) is 9.90 Å². The third-order valence-corrected chi connectivity index (χ3v) is 3.28. The molecule has 0 aliphatic carbocycles. The SMILES string of the molecule is O=C(O)Cc1cc(O)ccc1Nc1c(Cl)cccc1Cl. The molecular weight excluding hydrogens is 301 g/mol. The highest BCUT2D eigenvalue weighted by Gasteiger charge is 2.11. The van der Waals surface area contributed by atoms with Gasteiger partial charge in [0, 0.05) is 5.69 Å². The van der Waals surface area contributed by atoms with E-state index in [1.54, 1.807) is 24.3 Å². The van der Waals surface area contributed by atoms with Crippen LogP contribution < -0.4 is 5.32 Å². The van der Waals surface area contributed by atoms with Crippen molar-refractivity contribution < 1.29 is 15.0 Å². The number of hydrogen-bond acceptors (Lipinski definition) is 3. The normalized spacial score (nSPS) is 10.3. The molecule has 0 unspecified atom stereocenters. The molecule has 0 aliphatic heterocycles. The first-order chi connectivity index (χ1) is 9.47. The Labute approximate surface area is 125 Å². The lowest BCUT2D eigenvalue weighted by molar-refractivity contribution is -0.136. The maximum absolute atomic E-state index is 10.9. The van der Waals surface area contributed by atoms with E-state index < -0.39 is 5.97 Å². The number of carboxylic acid groups (broad SMARTS) is 1. The van der Waals surface area contributed by atoms with Crippen molar-refractivity contribution in [2.75, 3.05) is 5.32 Å². The molecule has 0 atom stereocenters. The maximum atomic E-state index is 10.9. The van der Waals surface area contributed by atoms with Gasteiger partial charge in [0.15, 0.2) is 0 Å². The third-order valence-electron chi connectivity index (χ3n) is 2.65. The minimum absolute atomic E-state index is 0.00273. The molecule has 0 fully saturated rings. The fourth-order valence-corrected chi connectivity index (χ4v) is 2.26. The predicted molar refractivity (Wildman–Crippen MR) is 79.2 cm³/mol. The van der Waals surface area contributed by atoms with Gasteiger partial charge in [0.1, 0.15) is 5.75 Å². The third kappa shape index (κ3) is 3.35. The summed E-state index contributed by atoms with van der Waals surface area (Å²) < 4.78 is 0. The minimum Gasteiger partial charge on any atom is -0.508 e. The number of anilines is 2. The number of aliphatic carboxylic acids is 1. The van der Waals surface area contributed by atoms with Gasteiger partial charge < -0.3 is 15.5 Å². The van der Waals surface area contributed by atoms with E-state index in [4.69, 9.17) is 28.3 Å². The van der Waals surface area contributed by atoms with Gasteiger partial charge in [-0.15, -0.1) is 0 Å². The number of para-hydroxylation sites is 1. The summed E-state index contributed by atoms with van der Waals surface area (Å²) in [5, 5.41) is 22.2. The zero-order valence-electron chi connectivity index (χ0n) is 10.2. The number of phenols is 1. The van der Waals surface area contributed by atoms with Gasteiger partial charge in [0.05, 0.1) is 22.2 Å². The van der Waals surface area contributed by atoms with E-state index in [1.807, 2.05) is 0 Å². The smallest absolute Gasteiger partial charge is 0.307 e. The number of rotatable bonds is 4.